The van der Waals surface area contributed by atoms with Crippen LogP contribution in [0.1, 0.15) is 34.1 Å². The van der Waals surface area contributed by atoms with Crippen LogP contribution >= 0.6 is 23.1 Å². The highest BCUT2D eigenvalue weighted by atomic mass is 32.2. The SMILES string of the molecule is COC(=O)c1c(NC(=O)CSc2nnnn2C)sc2c1CC[C@H](C)C2. The second kappa shape index (κ2) is 7.52. The van der Waals surface area contributed by atoms with Crippen molar-refractivity contribution in [3.05, 3.63) is 16.0 Å². The van der Waals surface area contributed by atoms with Gasteiger partial charge in [-0.15, -0.1) is 16.4 Å². The Kier molecular flexibility index (Phi) is 5.38. The summed E-state index contributed by atoms with van der Waals surface area (Å²) >= 11 is 2.72. The zero-order chi connectivity index (χ0) is 18.0. The highest BCUT2D eigenvalue weighted by Gasteiger charge is 2.28. The van der Waals surface area contributed by atoms with Crippen LogP contribution in [0, 0.1) is 5.92 Å². The standard InChI is InChI=1S/C15H19N5O3S2/c1-8-4-5-9-10(6-8)25-13(12(9)14(22)23-3)16-11(21)7-24-15-17-18-19-20(15)2/h8H,4-7H2,1-3H3,(H,16,21)/t8-/m0/s1. The van der Waals surface area contributed by atoms with Crippen molar-refractivity contribution in [2.24, 2.45) is 13.0 Å². The number of anilines is 1. The summed E-state index contributed by atoms with van der Waals surface area (Å²) in [4.78, 5) is 25.7. The lowest BCUT2D eigenvalue weighted by atomic mass is 9.88. The summed E-state index contributed by atoms with van der Waals surface area (Å²) < 4.78 is 6.43. The molecule has 2 aromatic heterocycles. The normalized spacial score (nSPS) is 16.4. The van der Waals surface area contributed by atoms with Gasteiger partial charge in [-0.3, -0.25) is 4.79 Å². The number of aromatic nitrogens is 4. The van der Waals surface area contributed by atoms with Crippen LogP contribution in [0.5, 0.6) is 0 Å². The summed E-state index contributed by atoms with van der Waals surface area (Å²) in [5.41, 5.74) is 1.53. The molecular formula is C15H19N5O3S2. The molecule has 0 fully saturated rings. The number of hydrogen-bond acceptors (Lipinski definition) is 8. The largest absolute Gasteiger partial charge is 0.465 e. The van der Waals surface area contributed by atoms with Gasteiger partial charge in [-0.1, -0.05) is 18.7 Å². The molecule has 1 atom stereocenters. The van der Waals surface area contributed by atoms with Gasteiger partial charge in [0.2, 0.25) is 11.1 Å². The van der Waals surface area contributed by atoms with Crippen LogP contribution in [0.15, 0.2) is 5.16 Å². The van der Waals surface area contributed by atoms with E-state index < -0.39 is 5.97 Å². The molecule has 1 amide bonds. The zero-order valence-electron chi connectivity index (χ0n) is 14.2. The molecule has 1 aliphatic carbocycles. The number of thioether (sulfide) groups is 1. The number of carbonyl (C=O) groups is 2. The van der Waals surface area contributed by atoms with Crippen molar-refractivity contribution in [3.8, 4) is 0 Å². The Morgan fingerprint density at radius 3 is 2.96 bits per heavy atom. The van der Waals surface area contributed by atoms with Crippen molar-refractivity contribution in [2.75, 3.05) is 18.2 Å². The Morgan fingerprint density at radius 1 is 1.48 bits per heavy atom. The predicted octanol–water partition coefficient (Wildman–Crippen LogP) is 1.91. The summed E-state index contributed by atoms with van der Waals surface area (Å²) in [6.45, 7) is 2.20. The van der Waals surface area contributed by atoms with Crippen LogP contribution in [0.2, 0.25) is 0 Å². The number of nitrogens with zero attached hydrogens (tertiary/aromatic N) is 4. The maximum absolute atomic E-state index is 12.3. The van der Waals surface area contributed by atoms with Gasteiger partial charge < -0.3 is 10.1 Å². The minimum absolute atomic E-state index is 0.161. The van der Waals surface area contributed by atoms with Crippen LogP contribution in [-0.4, -0.2) is 44.9 Å². The summed E-state index contributed by atoms with van der Waals surface area (Å²) in [6.07, 6.45) is 2.81. The van der Waals surface area contributed by atoms with Crippen LogP contribution in [-0.2, 0) is 29.4 Å². The van der Waals surface area contributed by atoms with E-state index in [0.29, 0.717) is 21.6 Å². The number of fused-ring (bicyclic) bond motifs is 1. The number of methoxy groups -OCH3 is 1. The predicted molar refractivity (Wildman–Crippen MR) is 95.0 cm³/mol. The molecule has 2 aromatic rings. The second-order valence-corrected chi connectivity index (χ2v) is 8.02. The lowest BCUT2D eigenvalue weighted by Gasteiger charge is -2.18. The molecular weight excluding hydrogens is 362 g/mol. The van der Waals surface area contributed by atoms with Crippen molar-refractivity contribution >= 4 is 40.0 Å². The van der Waals surface area contributed by atoms with E-state index in [1.54, 1.807) is 7.05 Å². The zero-order valence-corrected chi connectivity index (χ0v) is 15.9. The average Bonchev–Trinajstić information content (AvgIpc) is 3.14. The lowest BCUT2D eigenvalue weighted by Crippen LogP contribution is -2.17. The Labute approximate surface area is 153 Å². The van der Waals surface area contributed by atoms with Crippen LogP contribution in [0.4, 0.5) is 5.00 Å². The minimum Gasteiger partial charge on any atom is -0.465 e. The van der Waals surface area contributed by atoms with E-state index in [0.717, 1.165) is 24.8 Å². The van der Waals surface area contributed by atoms with Gasteiger partial charge in [-0.25, -0.2) is 9.48 Å². The van der Waals surface area contributed by atoms with Gasteiger partial charge in [0.25, 0.3) is 0 Å². The van der Waals surface area contributed by atoms with Crippen LogP contribution in [0.25, 0.3) is 0 Å². The van der Waals surface area contributed by atoms with Crippen LogP contribution in [0.3, 0.4) is 0 Å². The first-order chi connectivity index (χ1) is 12.0. The van der Waals surface area contributed by atoms with E-state index in [-0.39, 0.29) is 11.7 Å². The molecule has 0 bridgehead atoms. The molecule has 0 aromatic carbocycles. The maximum Gasteiger partial charge on any atom is 0.341 e. The molecule has 0 unspecified atom stereocenters. The monoisotopic (exact) mass is 381 g/mol. The Bertz CT molecular complexity index is 801. The summed E-state index contributed by atoms with van der Waals surface area (Å²) in [6, 6.07) is 0. The molecule has 10 heteroatoms. The molecule has 1 N–H and O–H groups in total. The molecule has 0 saturated carbocycles. The van der Waals surface area contributed by atoms with E-state index in [2.05, 4.69) is 27.8 Å². The molecule has 2 heterocycles. The first kappa shape index (κ1) is 17.9. The quantitative estimate of drug-likeness (QED) is 0.624. The van der Waals surface area contributed by atoms with Crippen molar-refractivity contribution in [3.63, 3.8) is 0 Å². The van der Waals surface area contributed by atoms with Crippen LogP contribution < -0.4 is 5.32 Å². The maximum atomic E-state index is 12.3. The summed E-state index contributed by atoms with van der Waals surface area (Å²) in [7, 11) is 3.07. The molecule has 0 radical (unpaired) electrons. The van der Waals surface area contributed by atoms with Gasteiger partial charge in [0.05, 0.1) is 18.4 Å². The Balaban J connectivity index is 1.76. The van der Waals surface area contributed by atoms with E-state index in [1.807, 2.05) is 0 Å². The molecule has 8 nitrogen and oxygen atoms in total. The first-order valence-electron chi connectivity index (χ1n) is 7.87. The van der Waals surface area contributed by atoms with Crippen molar-refractivity contribution in [1.29, 1.82) is 0 Å². The summed E-state index contributed by atoms with van der Waals surface area (Å²) in [5, 5.41) is 15.1. The molecule has 0 saturated heterocycles. The number of ether oxygens (including phenoxy) is 1. The van der Waals surface area contributed by atoms with Crippen molar-refractivity contribution in [1.82, 2.24) is 20.2 Å². The highest BCUT2D eigenvalue weighted by molar-refractivity contribution is 7.99. The van der Waals surface area contributed by atoms with Gasteiger partial charge in [-0.05, 0) is 41.2 Å². The number of rotatable bonds is 5. The molecule has 1 aliphatic rings. The van der Waals surface area contributed by atoms with E-state index >= 15 is 0 Å². The number of nitrogens with one attached hydrogen (secondary N) is 1. The Morgan fingerprint density at radius 2 is 2.28 bits per heavy atom. The van der Waals surface area contributed by atoms with E-state index in [1.165, 1.54) is 39.8 Å². The van der Waals surface area contributed by atoms with Gasteiger partial charge in [0.1, 0.15) is 5.00 Å². The van der Waals surface area contributed by atoms with E-state index in [9.17, 15) is 9.59 Å². The Hall–Kier alpha value is -1.94. The molecule has 0 aliphatic heterocycles. The third kappa shape index (κ3) is 3.84. The molecule has 134 valence electrons. The number of carbonyl (C=O) groups excluding carboxylic acids is 2. The minimum atomic E-state index is -0.396. The number of amides is 1. The highest BCUT2D eigenvalue weighted by Crippen LogP contribution is 2.40. The number of thiophene rings is 1. The fourth-order valence-corrected chi connectivity index (χ4v) is 4.86. The number of hydrogen-bond donors (Lipinski definition) is 1. The number of tetrazole rings is 1. The number of esters is 1. The topological polar surface area (TPSA) is 99.0 Å². The van der Waals surface area contributed by atoms with Gasteiger partial charge in [0.15, 0.2) is 0 Å². The average molecular weight is 381 g/mol. The van der Waals surface area contributed by atoms with Crippen molar-refractivity contribution in [2.45, 2.75) is 31.3 Å². The van der Waals surface area contributed by atoms with Gasteiger partial charge in [0, 0.05) is 11.9 Å². The summed E-state index contributed by atoms with van der Waals surface area (Å²) in [5.74, 6) is 0.143. The molecule has 3 rings (SSSR count). The fraction of sp³-hybridized carbons (Fsp3) is 0.533. The third-order valence-corrected chi connectivity index (χ3v) is 6.25. The first-order valence-corrected chi connectivity index (χ1v) is 9.67. The second-order valence-electron chi connectivity index (χ2n) is 5.97. The lowest BCUT2D eigenvalue weighted by molar-refractivity contribution is -0.113. The van der Waals surface area contributed by atoms with E-state index in [4.69, 9.17) is 4.74 Å². The smallest absolute Gasteiger partial charge is 0.341 e. The number of aryl methyl sites for hydroxylation is 1. The fourth-order valence-electron chi connectivity index (χ4n) is 2.79. The molecule has 0 spiro atoms. The third-order valence-electron chi connectivity index (χ3n) is 4.07. The molecule has 25 heavy (non-hydrogen) atoms. The van der Waals surface area contributed by atoms with Gasteiger partial charge in [-0.2, -0.15) is 0 Å². The van der Waals surface area contributed by atoms with Gasteiger partial charge >= 0.3 is 5.97 Å². The van der Waals surface area contributed by atoms with Crippen molar-refractivity contribution < 1.29 is 14.3 Å².